The highest BCUT2D eigenvalue weighted by molar-refractivity contribution is 6.35. The molecule has 1 N–H and O–H groups in total. The molecule has 2 aromatic carbocycles. The van der Waals surface area contributed by atoms with Gasteiger partial charge in [0.2, 0.25) is 0 Å². The molecular weight excluding hydrogens is 359 g/mol. The van der Waals surface area contributed by atoms with Crippen LogP contribution in [0.2, 0.25) is 10.0 Å². The molecule has 24 heavy (non-hydrogen) atoms. The molecule has 0 aliphatic heterocycles. The number of carbonyl (C=O) groups is 2. The minimum absolute atomic E-state index is 0.0252. The van der Waals surface area contributed by atoms with Gasteiger partial charge in [-0.15, -0.1) is 0 Å². The maximum atomic E-state index is 11.8. The second kappa shape index (κ2) is 7.76. The minimum atomic E-state index is -0.849. The molecule has 2 aromatic rings. The quantitative estimate of drug-likeness (QED) is 0.492. The summed E-state index contributed by atoms with van der Waals surface area (Å²) in [6.07, 6.45) is 0. The number of esters is 1. The van der Waals surface area contributed by atoms with Crippen molar-refractivity contribution in [3.63, 3.8) is 0 Å². The number of nitrogens with one attached hydrogen (secondary N) is 1. The van der Waals surface area contributed by atoms with E-state index in [1.165, 1.54) is 36.4 Å². The molecule has 0 saturated heterocycles. The van der Waals surface area contributed by atoms with Gasteiger partial charge in [-0.3, -0.25) is 14.9 Å². The molecule has 124 valence electrons. The van der Waals surface area contributed by atoms with Crippen LogP contribution in [0, 0.1) is 10.1 Å². The molecule has 2 rings (SSSR count). The van der Waals surface area contributed by atoms with E-state index in [-0.39, 0.29) is 11.3 Å². The molecule has 0 saturated carbocycles. The topological polar surface area (TPSA) is 98.5 Å². The standard InChI is InChI=1S/C15H10Cl2N2O5/c16-10-5-11(17)7-12(6-10)18-14(20)8-24-15(21)9-2-1-3-13(4-9)19(22)23/h1-7H,8H2,(H,18,20). The van der Waals surface area contributed by atoms with Gasteiger partial charge in [-0.05, 0) is 24.3 Å². The molecule has 0 fully saturated rings. The fourth-order valence-electron chi connectivity index (χ4n) is 1.78. The van der Waals surface area contributed by atoms with Crippen molar-refractivity contribution in [3.05, 3.63) is 68.2 Å². The van der Waals surface area contributed by atoms with Gasteiger partial charge < -0.3 is 10.1 Å². The normalized spacial score (nSPS) is 10.1. The molecule has 0 radical (unpaired) electrons. The maximum Gasteiger partial charge on any atom is 0.338 e. The zero-order valence-corrected chi connectivity index (χ0v) is 13.5. The lowest BCUT2D eigenvalue weighted by Crippen LogP contribution is -2.21. The molecule has 0 unspecified atom stereocenters. The second-order valence-electron chi connectivity index (χ2n) is 4.59. The average Bonchev–Trinajstić information content (AvgIpc) is 2.51. The minimum Gasteiger partial charge on any atom is -0.452 e. The van der Waals surface area contributed by atoms with Gasteiger partial charge in [0.1, 0.15) is 0 Å². The van der Waals surface area contributed by atoms with Crippen LogP contribution < -0.4 is 5.32 Å². The summed E-state index contributed by atoms with van der Waals surface area (Å²) >= 11 is 11.6. The largest absolute Gasteiger partial charge is 0.452 e. The van der Waals surface area contributed by atoms with Crippen molar-refractivity contribution >= 4 is 46.5 Å². The molecule has 0 aliphatic rings. The van der Waals surface area contributed by atoms with Crippen molar-refractivity contribution in [2.45, 2.75) is 0 Å². The first-order chi connectivity index (χ1) is 11.3. The number of hydrogen-bond donors (Lipinski definition) is 1. The number of amides is 1. The highest BCUT2D eigenvalue weighted by Crippen LogP contribution is 2.22. The van der Waals surface area contributed by atoms with Gasteiger partial charge >= 0.3 is 5.97 Å². The molecule has 0 bridgehead atoms. The zero-order chi connectivity index (χ0) is 17.7. The van der Waals surface area contributed by atoms with E-state index >= 15 is 0 Å². The van der Waals surface area contributed by atoms with Crippen LogP contribution in [0.15, 0.2) is 42.5 Å². The van der Waals surface area contributed by atoms with Gasteiger partial charge in [0.05, 0.1) is 10.5 Å². The molecule has 1 amide bonds. The highest BCUT2D eigenvalue weighted by Gasteiger charge is 2.14. The summed E-state index contributed by atoms with van der Waals surface area (Å²) in [5, 5.41) is 13.8. The Bertz CT molecular complexity index is 790. The first kappa shape index (κ1) is 17.7. The van der Waals surface area contributed by atoms with E-state index in [4.69, 9.17) is 27.9 Å². The number of rotatable bonds is 5. The summed E-state index contributed by atoms with van der Waals surface area (Å²) in [4.78, 5) is 33.6. The van der Waals surface area contributed by atoms with E-state index in [1.54, 1.807) is 0 Å². The molecule has 9 heteroatoms. The number of carbonyl (C=O) groups excluding carboxylic acids is 2. The lowest BCUT2D eigenvalue weighted by atomic mass is 10.2. The van der Waals surface area contributed by atoms with Gasteiger partial charge in [0.15, 0.2) is 6.61 Å². The van der Waals surface area contributed by atoms with Crippen LogP contribution in [0.25, 0.3) is 0 Å². The Kier molecular flexibility index (Phi) is 5.73. The van der Waals surface area contributed by atoms with Gasteiger partial charge in [0.25, 0.3) is 11.6 Å². The van der Waals surface area contributed by atoms with Crippen LogP contribution >= 0.6 is 23.2 Å². The monoisotopic (exact) mass is 368 g/mol. The van der Waals surface area contributed by atoms with Crippen molar-refractivity contribution in [2.75, 3.05) is 11.9 Å². The lowest BCUT2D eigenvalue weighted by Gasteiger charge is -2.07. The predicted octanol–water partition coefficient (Wildman–Crippen LogP) is 3.70. The maximum absolute atomic E-state index is 11.8. The number of hydrogen-bond acceptors (Lipinski definition) is 5. The third kappa shape index (κ3) is 4.94. The Morgan fingerprint density at radius 2 is 1.79 bits per heavy atom. The summed E-state index contributed by atoms with van der Waals surface area (Å²) in [7, 11) is 0. The Labute approximate surface area is 146 Å². The number of nitrogens with zero attached hydrogens (tertiary/aromatic N) is 1. The molecule has 0 aromatic heterocycles. The first-order valence-electron chi connectivity index (χ1n) is 6.52. The van der Waals surface area contributed by atoms with Crippen molar-refractivity contribution < 1.29 is 19.2 Å². The van der Waals surface area contributed by atoms with E-state index in [0.717, 1.165) is 6.07 Å². The zero-order valence-electron chi connectivity index (χ0n) is 12.0. The van der Waals surface area contributed by atoms with E-state index in [9.17, 15) is 19.7 Å². The highest BCUT2D eigenvalue weighted by atomic mass is 35.5. The lowest BCUT2D eigenvalue weighted by molar-refractivity contribution is -0.384. The van der Waals surface area contributed by atoms with Crippen LogP contribution in [-0.2, 0) is 9.53 Å². The van der Waals surface area contributed by atoms with Crippen LogP contribution in [0.1, 0.15) is 10.4 Å². The van der Waals surface area contributed by atoms with Crippen LogP contribution in [-0.4, -0.2) is 23.4 Å². The summed E-state index contributed by atoms with van der Waals surface area (Å²) in [5.74, 6) is -1.45. The number of nitro benzene ring substituents is 1. The molecule has 0 atom stereocenters. The van der Waals surface area contributed by atoms with E-state index in [1.807, 2.05) is 0 Å². The fourth-order valence-corrected chi connectivity index (χ4v) is 2.31. The molecular formula is C15H10Cl2N2O5. The van der Waals surface area contributed by atoms with Gasteiger partial charge in [-0.25, -0.2) is 4.79 Å². The molecule has 0 heterocycles. The Morgan fingerprint density at radius 3 is 2.42 bits per heavy atom. The number of ether oxygens (including phenoxy) is 1. The number of non-ortho nitro benzene ring substituents is 1. The fraction of sp³-hybridized carbons (Fsp3) is 0.0667. The van der Waals surface area contributed by atoms with Gasteiger partial charge in [-0.2, -0.15) is 0 Å². The Balaban J connectivity index is 1.95. The van der Waals surface area contributed by atoms with Crippen LogP contribution in [0.4, 0.5) is 11.4 Å². The summed E-state index contributed by atoms with van der Waals surface area (Å²) in [6.45, 7) is -0.564. The third-order valence-corrected chi connectivity index (χ3v) is 3.21. The van der Waals surface area contributed by atoms with Gasteiger partial charge in [0, 0.05) is 27.9 Å². The summed E-state index contributed by atoms with van der Waals surface area (Å²) in [6, 6.07) is 9.47. The third-order valence-electron chi connectivity index (χ3n) is 2.77. The van der Waals surface area contributed by atoms with Crippen LogP contribution in [0.5, 0.6) is 0 Å². The van der Waals surface area contributed by atoms with E-state index < -0.39 is 23.4 Å². The van der Waals surface area contributed by atoms with Gasteiger partial charge in [-0.1, -0.05) is 29.3 Å². The summed E-state index contributed by atoms with van der Waals surface area (Å²) in [5.41, 5.74) is 0.0779. The van der Waals surface area contributed by atoms with Crippen molar-refractivity contribution in [2.24, 2.45) is 0 Å². The SMILES string of the molecule is O=C(COC(=O)c1cccc([N+](=O)[O-])c1)Nc1cc(Cl)cc(Cl)c1. The average molecular weight is 369 g/mol. The molecule has 0 aliphatic carbocycles. The Morgan fingerprint density at radius 1 is 1.12 bits per heavy atom. The van der Waals surface area contributed by atoms with Crippen LogP contribution in [0.3, 0.4) is 0 Å². The molecule has 7 nitrogen and oxygen atoms in total. The molecule has 0 spiro atoms. The van der Waals surface area contributed by atoms with E-state index in [2.05, 4.69) is 5.32 Å². The smallest absolute Gasteiger partial charge is 0.338 e. The number of nitro groups is 1. The van der Waals surface area contributed by atoms with Crippen molar-refractivity contribution in [3.8, 4) is 0 Å². The first-order valence-corrected chi connectivity index (χ1v) is 7.28. The van der Waals surface area contributed by atoms with Crippen molar-refractivity contribution in [1.29, 1.82) is 0 Å². The van der Waals surface area contributed by atoms with E-state index in [0.29, 0.717) is 15.7 Å². The number of anilines is 1. The predicted molar refractivity (Wildman–Crippen MR) is 88.5 cm³/mol. The number of benzene rings is 2. The number of halogens is 2. The van der Waals surface area contributed by atoms with Crippen molar-refractivity contribution in [1.82, 2.24) is 0 Å². The summed E-state index contributed by atoms with van der Waals surface area (Å²) < 4.78 is 4.82. The Hall–Kier alpha value is -2.64. The second-order valence-corrected chi connectivity index (χ2v) is 5.46.